The average molecular weight is 701 g/mol. The Morgan fingerprint density at radius 1 is 1.09 bits per heavy atom. The number of thioether (sulfide) groups is 1. The lowest BCUT2D eigenvalue weighted by Crippen LogP contribution is -2.66. The molecule has 2 saturated heterocycles. The Kier molecular flexibility index (Phi) is 11.0. The summed E-state index contributed by atoms with van der Waals surface area (Å²) in [5.41, 5.74) is 8.90. The molecule has 0 unspecified atom stereocenters. The SMILES string of the molecule is CS/C(N)=N\c1ccccc1CN1C[C@H]2N(C(=O)CN2N(C(=O)NCc2ccc(Cl)c(Cl)c2)C(C)C)[C@@H](Cc2ccc(F)cc2)C1=O. The topological polar surface area (TPSA) is 115 Å². The van der Waals surface area contributed by atoms with Gasteiger partial charge >= 0.3 is 6.03 Å². The zero-order valence-electron chi connectivity index (χ0n) is 26.2. The molecule has 2 atom stereocenters. The second kappa shape index (κ2) is 14.9. The normalized spacial score (nSPS) is 18.6. The molecule has 0 aromatic heterocycles. The standard InChI is InChI=1S/C33H36Cl2FN7O3S/c1-20(2)43(33(46)38-16-22-10-13-25(34)26(35)14-22)41-19-30(44)42-28(15-21-8-11-24(36)12-9-21)31(45)40(18-29(41)42)17-23-6-4-5-7-27(23)39-32(37)47-3/h4-14,20,28-29H,15-19H2,1-3H3,(H2,37,39)(H,38,46)/t28-,29+/m0/s1. The first-order chi connectivity index (χ1) is 22.5. The third kappa shape index (κ3) is 7.83. The maximum Gasteiger partial charge on any atom is 0.332 e. The molecule has 0 aliphatic carbocycles. The van der Waals surface area contributed by atoms with Gasteiger partial charge in [-0.25, -0.2) is 14.2 Å². The predicted octanol–water partition coefficient (Wildman–Crippen LogP) is 5.40. The van der Waals surface area contributed by atoms with Crippen LogP contribution in [0.3, 0.4) is 0 Å². The Balaban J connectivity index is 1.46. The Morgan fingerprint density at radius 2 is 1.79 bits per heavy atom. The summed E-state index contributed by atoms with van der Waals surface area (Å²) in [6.45, 7) is 4.15. The molecule has 14 heteroatoms. The van der Waals surface area contributed by atoms with Gasteiger partial charge in [0.1, 0.15) is 18.0 Å². The molecule has 3 aromatic rings. The van der Waals surface area contributed by atoms with Crippen molar-refractivity contribution in [3.05, 3.63) is 99.3 Å². The summed E-state index contributed by atoms with van der Waals surface area (Å²) >= 11 is 13.5. The predicted molar refractivity (Wildman–Crippen MR) is 184 cm³/mol. The van der Waals surface area contributed by atoms with Crippen molar-refractivity contribution in [3.8, 4) is 0 Å². The Bertz CT molecular complexity index is 1680. The van der Waals surface area contributed by atoms with E-state index >= 15 is 0 Å². The van der Waals surface area contributed by atoms with Crippen molar-refractivity contribution in [1.82, 2.24) is 25.1 Å². The van der Waals surface area contributed by atoms with E-state index in [1.165, 1.54) is 28.9 Å². The molecule has 3 aromatic carbocycles. The Morgan fingerprint density at radius 3 is 2.47 bits per heavy atom. The van der Waals surface area contributed by atoms with Crippen molar-refractivity contribution in [3.63, 3.8) is 0 Å². The summed E-state index contributed by atoms with van der Waals surface area (Å²) in [4.78, 5) is 49.4. The van der Waals surface area contributed by atoms with E-state index in [0.717, 1.165) is 11.1 Å². The van der Waals surface area contributed by atoms with Gasteiger partial charge in [-0.2, -0.15) is 5.01 Å². The van der Waals surface area contributed by atoms with E-state index in [0.29, 0.717) is 26.5 Å². The van der Waals surface area contributed by atoms with Gasteiger partial charge in [0, 0.05) is 25.6 Å². The van der Waals surface area contributed by atoms with Gasteiger partial charge in [-0.05, 0) is 67.1 Å². The Labute approximate surface area is 287 Å². The number of amides is 4. The molecule has 0 spiro atoms. The number of piperazine rings is 1. The minimum Gasteiger partial charge on any atom is -0.378 e. The molecular formula is C33H36Cl2FN7O3S. The number of nitrogens with one attached hydrogen (secondary N) is 1. The van der Waals surface area contributed by atoms with E-state index in [1.807, 2.05) is 44.4 Å². The largest absolute Gasteiger partial charge is 0.378 e. The van der Waals surface area contributed by atoms with Gasteiger partial charge in [0.05, 0.1) is 28.8 Å². The second-order valence-electron chi connectivity index (χ2n) is 11.6. The van der Waals surface area contributed by atoms with Crippen LogP contribution in [0.5, 0.6) is 0 Å². The van der Waals surface area contributed by atoms with Crippen LogP contribution < -0.4 is 11.1 Å². The third-order valence-corrected chi connectivity index (χ3v) is 9.35. The highest BCUT2D eigenvalue weighted by Gasteiger charge is 2.52. The van der Waals surface area contributed by atoms with Gasteiger partial charge < -0.3 is 20.9 Å². The number of benzene rings is 3. The average Bonchev–Trinajstić information content (AvgIpc) is 3.36. The molecular weight excluding hydrogens is 664 g/mol. The number of aliphatic imine (C=N–C) groups is 1. The van der Waals surface area contributed by atoms with E-state index in [9.17, 15) is 18.8 Å². The van der Waals surface area contributed by atoms with Gasteiger partial charge in [0.2, 0.25) is 11.8 Å². The zero-order valence-corrected chi connectivity index (χ0v) is 28.5. The van der Waals surface area contributed by atoms with Crippen LogP contribution in [0, 0.1) is 5.82 Å². The molecule has 2 fully saturated rings. The molecule has 2 aliphatic heterocycles. The van der Waals surface area contributed by atoms with E-state index in [-0.39, 0.29) is 50.5 Å². The molecule has 2 heterocycles. The van der Waals surface area contributed by atoms with Crippen LogP contribution in [-0.2, 0) is 29.1 Å². The number of carbonyl (C=O) groups is 3. The fraction of sp³-hybridized carbons (Fsp3) is 0.333. The lowest BCUT2D eigenvalue weighted by Gasteiger charge is -2.47. The number of rotatable bonds is 9. The second-order valence-corrected chi connectivity index (χ2v) is 13.2. The van der Waals surface area contributed by atoms with Crippen molar-refractivity contribution in [2.24, 2.45) is 10.7 Å². The molecule has 2 aliphatic rings. The first-order valence-corrected chi connectivity index (χ1v) is 17.0. The number of para-hydroxylation sites is 1. The number of halogens is 3. The van der Waals surface area contributed by atoms with Crippen LogP contribution in [0.1, 0.15) is 30.5 Å². The smallest absolute Gasteiger partial charge is 0.332 e. The van der Waals surface area contributed by atoms with Crippen molar-refractivity contribution in [2.75, 3.05) is 19.3 Å². The number of nitrogens with two attached hydrogens (primary N) is 1. The molecule has 0 bridgehead atoms. The zero-order chi connectivity index (χ0) is 33.8. The van der Waals surface area contributed by atoms with Crippen LogP contribution in [0.4, 0.5) is 14.9 Å². The summed E-state index contributed by atoms with van der Waals surface area (Å²) in [6.07, 6.45) is 1.36. The molecule has 4 amide bonds. The molecule has 47 heavy (non-hydrogen) atoms. The first-order valence-electron chi connectivity index (χ1n) is 15.0. The summed E-state index contributed by atoms with van der Waals surface area (Å²) in [5.74, 6) is -0.930. The van der Waals surface area contributed by atoms with Crippen molar-refractivity contribution in [2.45, 2.75) is 51.6 Å². The van der Waals surface area contributed by atoms with Crippen LogP contribution in [0.25, 0.3) is 0 Å². The van der Waals surface area contributed by atoms with Gasteiger partial charge in [-0.15, -0.1) is 0 Å². The lowest BCUT2D eigenvalue weighted by molar-refractivity contribution is -0.158. The van der Waals surface area contributed by atoms with Crippen molar-refractivity contribution < 1.29 is 18.8 Å². The van der Waals surface area contributed by atoms with E-state index < -0.39 is 24.1 Å². The third-order valence-electron chi connectivity index (χ3n) is 8.10. The van der Waals surface area contributed by atoms with E-state index in [1.54, 1.807) is 45.1 Å². The molecule has 3 N–H and O–H groups in total. The number of amidine groups is 1. The van der Waals surface area contributed by atoms with Gasteiger partial charge in [-0.1, -0.05) is 71.4 Å². The molecule has 0 radical (unpaired) electrons. The van der Waals surface area contributed by atoms with Gasteiger partial charge in [-0.3, -0.25) is 14.6 Å². The molecule has 248 valence electrons. The number of hydrazine groups is 1. The quantitative estimate of drug-likeness (QED) is 0.228. The number of fused-ring (bicyclic) bond motifs is 1. The van der Waals surface area contributed by atoms with Gasteiger partial charge in [0.25, 0.3) is 0 Å². The minimum absolute atomic E-state index is 0.102. The summed E-state index contributed by atoms with van der Waals surface area (Å²) in [7, 11) is 0. The fourth-order valence-electron chi connectivity index (χ4n) is 5.89. The number of nitrogens with zero attached hydrogens (tertiary/aromatic N) is 5. The number of urea groups is 1. The van der Waals surface area contributed by atoms with Gasteiger partial charge in [0.15, 0.2) is 5.17 Å². The summed E-state index contributed by atoms with van der Waals surface area (Å²) in [5, 5.41) is 7.36. The van der Waals surface area contributed by atoms with Crippen molar-refractivity contribution in [1.29, 1.82) is 0 Å². The van der Waals surface area contributed by atoms with Crippen LogP contribution in [0.15, 0.2) is 71.7 Å². The number of hydrogen-bond donors (Lipinski definition) is 2. The molecule has 5 rings (SSSR count). The minimum atomic E-state index is -0.878. The monoisotopic (exact) mass is 699 g/mol. The van der Waals surface area contributed by atoms with Crippen LogP contribution >= 0.6 is 35.0 Å². The van der Waals surface area contributed by atoms with E-state index in [2.05, 4.69) is 10.3 Å². The maximum absolute atomic E-state index is 14.2. The lowest BCUT2D eigenvalue weighted by atomic mass is 9.99. The number of hydrogen-bond acceptors (Lipinski definition) is 6. The van der Waals surface area contributed by atoms with E-state index in [4.69, 9.17) is 28.9 Å². The summed E-state index contributed by atoms with van der Waals surface area (Å²) in [6, 6.07) is 16.8. The van der Waals surface area contributed by atoms with Crippen molar-refractivity contribution >= 4 is 63.7 Å². The maximum atomic E-state index is 14.2. The summed E-state index contributed by atoms with van der Waals surface area (Å²) < 4.78 is 13.8. The fourth-order valence-corrected chi connectivity index (χ4v) is 6.40. The molecule has 0 saturated carbocycles. The Hall–Kier alpha value is -3.84. The highest BCUT2D eigenvalue weighted by Crippen LogP contribution is 2.32. The van der Waals surface area contributed by atoms with Crippen LogP contribution in [0.2, 0.25) is 10.0 Å². The van der Waals surface area contributed by atoms with Crippen LogP contribution in [-0.4, -0.2) is 80.4 Å². The number of carbonyl (C=O) groups excluding carboxylic acids is 3. The highest BCUT2D eigenvalue weighted by molar-refractivity contribution is 8.13. The highest BCUT2D eigenvalue weighted by atomic mass is 35.5. The first kappa shape index (κ1) is 34.5. The molecule has 10 nitrogen and oxygen atoms in total.